The predicted octanol–water partition coefficient (Wildman–Crippen LogP) is 5.26. The summed E-state index contributed by atoms with van der Waals surface area (Å²) in [4.78, 5) is 0. The van der Waals surface area contributed by atoms with Crippen molar-refractivity contribution in [3.8, 4) is 5.75 Å². The molecule has 1 atom stereocenters. The minimum Gasteiger partial charge on any atom is -0.489 e. The fraction of sp³-hybridized carbons (Fsp3) is 0.368. The highest BCUT2D eigenvalue weighted by Crippen LogP contribution is 2.23. The van der Waals surface area contributed by atoms with Gasteiger partial charge in [0.05, 0.1) is 6.10 Å². The molecule has 1 unspecified atom stereocenters. The fourth-order valence-electron chi connectivity index (χ4n) is 2.69. The minimum absolute atomic E-state index is 0. The summed E-state index contributed by atoms with van der Waals surface area (Å²) in [6, 6.07) is 13.5. The first kappa shape index (κ1) is 20.3. The van der Waals surface area contributed by atoms with Crippen LogP contribution in [0.15, 0.2) is 42.5 Å². The Morgan fingerprint density at radius 2 is 1.92 bits per heavy atom. The van der Waals surface area contributed by atoms with Crippen LogP contribution in [-0.4, -0.2) is 19.3 Å². The van der Waals surface area contributed by atoms with Crippen molar-refractivity contribution in [1.29, 1.82) is 0 Å². The molecule has 1 N–H and O–H groups in total. The van der Waals surface area contributed by atoms with Crippen LogP contribution >= 0.6 is 35.6 Å². The normalized spacial score (nSPS) is 16.5. The average molecular weight is 403 g/mol. The lowest BCUT2D eigenvalue weighted by atomic mass is 10.2. The quantitative estimate of drug-likeness (QED) is 0.685. The molecule has 0 aliphatic carbocycles. The molecule has 3 nitrogen and oxygen atoms in total. The largest absolute Gasteiger partial charge is 0.489 e. The summed E-state index contributed by atoms with van der Waals surface area (Å²) in [6.45, 7) is 3.07. The molecule has 0 saturated carbocycles. The Morgan fingerprint density at radius 1 is 1.12 bits per heavy atom. The lowest BCUT2D eigenvalue weighted by Crippen LogP contribution is -2.25. The van der Waals surface area contributed by atoms with Crippen molar-refractivity contribution >= 4 is 35.6 Å². The Bertz CT molecular complexity index is 658. The van der Waals surface area contributed by atoms with E-state index in [-0.39, 0.29) is 12.4 Å². The van der Waals surface area contributed by atoms with Gasteiger partial charge < -0.3 is 14.8 Å². The maximum atomic E-state index is 6.15. The van der Waals surface area contributed by atoms with Gasteiger partial charge in [0.1, 0.15) is 12.4 Å². The second-order valence-corrected chi connectivity index (χ2v) is 6.78. The molecule has 1 aliphatic heterocycles. The summed E-state index contributed by atoms with van der Waals surface area (Å²) in [5.41, 5.74) is 2.15. The van der Waals surface area contributed by atoms with Crippen molar-refractivity contribution < 1.29 is 9.47 Å². The first-order valence-corrected chi connectivity index (χ1v) is 8.94. The van der Waals surface area contributed by atoms with Gasteiger partial charge in [-0.25, -0.2) is 0 Å². The second kappa shape index (κ2) is 10.2. The molecule has 6 heteroatoms. The molecule has 3 rings (SSSR count). The summed E-state index contributed by atoms with van der Waals surface area (Å²) in [5, 5.41) is 4.69. The van der Waals surface area contributed by atoms with E-state index in [9.17, 15) is 0 Å². The van der Waals surface area contributed by atoms with Crippen LogP contribution in [-0.2, 0) is 17.9 Å². The van der Waals surface area contributed by atoms with E-state index in [0.717, 1.165) is 37.4 Å². The number of hydrogen-bond donors (Lipinski definition) is 1. The van der Waals surface area contributed by atoms with E-state index in [0.29, 0.717) is 22.8 Å². The third-order valence-electron chi connectivity index (χ3n) is 4.06. The number of nitrogens with one attached hydrogen (secondary N) is 1. The molecule has 136 valence electrons. The Balaban J connectivity index is 0.00000225. The molecule has 1 aliphatic rings. The molecule has 0 radical (unpaired) electrons. The summed E-state index contributed by atoms with van der Waals surface area (Å²) in [6.07, 6.45) is 2.71. The Hall–Kier alpha value is -0.970. The molecule has 1 fully saturated rings. The summed E-state index contributed by atoms with van der Waals surface area (Å²) in [7, 11) is 0. The average Bonchev–Trinajstić information content (AvgIpc) is 3.09. The van der Waals surface area contributed by atoms with E-state index >= 15 is 0 Å². The van der Waals surface area contributed by atoms with Gasteiger partial charge in [-0.05, 0) is 42.7 Å². The summed E-state index contributed by atoms with van der Waals surface area (Å²) < 4.78 is 11.4. The zero-order valence-electron chi connectivity index (χ0n) is 13.8. The van der Waals surface area contributed by atoms with Crippen molar-refractivity contribution in [2.45, 2.75) is 32.1 Å². The topological polar surface area (TPSA) is 30.5 Å². The SMILES string of the molecule is Cl.Clc1ccc(COc2ccc(CNCC3CCCO3)cc2)c(Cl)c1. The number of benzene rings is 2. The Morgan fingerprint density at radius 3 is 2.60 bits per heavy atom. The molecule has 0 amide bonds. The van der Waals surface area contributed by atoms with Crippen molar-refractivity contribution in [3.05, 3.63) is 63.6 Å². The molecule has 0 aromatic heterocycles. The van der Waals surface area contributed by atoms with Crippen LogP contribution in [0.2, 0.25) is 10.0 Å². The highest BCUT2D eigenvalue weighted by molar-refractivity contribution is 6.35. The molecule has 25 heavy (non-hydrogen) atoms. The van der Waals surface area contributed by atoms with E-state index in [2.05, 4.69) is 17.4 Å². The molecule has 0 bridgehead atoms. The fourth-order valence-corrected chi connectivity index (χ4v) is 3.15. The first-order valence-electron chi connectivity index (χ1n) is 8.19. The zero-order valence-corrected chi connectivity index (χ0v) is 16.2. The van der Waals surface area contributed by atoms with E-state index in [4.69, 9.17) is 32.7 Å². The molecular weight excluding hydrogens is 381 g/mol. The van der Waals surface area contributed by atoms with Crippen LogP contribution in [0.5, 0.6) is 5.75 Å². The Kier molecular flexibility index (Phi) is 8.34. The van der Waals surface area contributed by atoms with Gasteiger partial charge in [0, 0.05) is 35.3 Å². The standard InChI is InChI=1S/C19H21Cl2NO2.ClH/c20-16-6-5-15(19(21)10-16)13-24-17-7-3-14(4-8-17)11-22-12-18-2-1-9-23-18;/h3-8,10,18,22H,1-2,9,11-13H2;1H. The van der Waals surface area contributed by atoms with Gasteiger partial charge in [0.15, 0.2) is 0 Å². The lowest BCUT2D eigenvalue weighted by Gasteiger charge is -2.11. The third-order valence-corrected chi connectivity index (χ3v) is 4.64. The van der Waals surface area contributed by atoms with Crippen molar-refractivity contribution in [3.63, 3.8) is 0 Å². The number of ether oxygens (including phenoxy) is 2. The van der Waals surface area contributed by atoms with Gasteiger partial charge in [-0.2, -0.15) is 0 Å². The van der Waals surface area contributed by atoms with Crippen LogP contribution in [0, 0.1) is 0 Å². The third kappa shape index (κ3) is 6.36. The Labute approximate surface area is 165 Å². The number of halogens is 3. The molecule has 2 aromatic rings. The summed E-state index contributed by atoms with van der Waals surface area (Å²) >= 11 is 12.0. The summed E-state index contributed by atoms with van der Waals surface area (Å²) in [5.74, 6) is 0.823. The number of hydrogen-bond acceptors (Lipinski definition) is 3. The van der Waals surface area contributed by atoms with Crippen LogP contribution in [0.3, 0.4) is 0 Å². The number of rotatable bonds is 7. The zero-order chi connectivity index (χ0) is 16.8. The van der Waals surface area contributed by atoms with Crippen molar-refractivity contribution in [2.75, 3.05) is 13.2 Å². The monoisotopic (exact) mass is 401 g/mol. The van der Waals surface area contributed by atoms with Crippen molar-refractivity contribution in [2.24, 2.45) is 0 Å². The minimum atomic E-state index is 0. The highest BCUT2D eigenvalue weighted by atomic mass is 35.5. The maximum absolute atomic E-state index is 6.15. The molecular formula is C19H22Cl3NO2. The lowest BCUT2D eigenvalue weighted by molar-refractivity contribution is 0.110. The molecule has 1 saturated heterocycles. The maximum Gasteiger partial charge on any atom is 0.119 e. The van der Waals surface area contributed by atoms with Crippen LogP contribution < -0.4 is 10.1 Å². The van der Waals surface area contributed by atoms with Gasteiger partial charge >= 0.3 is 0 Å². The van der Waals surface area contributed by atoms with E-state index in [1.54, 1.807) is 6.07 Å². The van der Waals surface area contributed by atoms with Crippen molar-refractivity contribution in [1.82, 2.24) is 5.32 Å². The second-order valence-electron chi connectivity index (χ2n) is 5.93. The van der Waals surface area contributed by atoms with Gasteiger partial charge in [0.25, 0.3) is 0 Å². The van der Waals surface area contributed by atoms with Crippen LogP contribution in [0.25, 0.3) is 0 Å². The molecule has 2 aromatic carbocycles. The van der Waals surface area contributed by atoms with Gasteiger partial charge in [0.2, 0.25) is 0 Å². The highest BCUT2D eigenvalue weighted by Gasteiger charge is 2.14. The van der Waals surface area contributed by atoms with E-state index in [1.165, 1.54) is 12.0 Å². The van der Waals surface area contributed by atoms with E-state index < -0.39 is 0 Å². The first-order chi connectivity index (χ1) is 11.7. The molecule has 1 heterocycles. The van der Waals surface area contributed by atoms with Gasteiger partial charge in [-0.1, -0.05) is 41.4 Å². The van der Waals surface area contributed by atoms with E-state index in [1.807, 2.05) is 24.3 Å². The smallest absolute Gasteiger partial charge is 0.119 e. The van der Waals surface area contributed by atoms with Gasteiger partial charge in [-0.15, -0.1) is 12.4 Å². The predicted molar refractivity (Wildman–Crippen MR) is 105 cm³/mol. The van der Waals surface area contributed by atoms with Crippen LogP contribution in [0.1, 0.15) is 24.0 Å². The molecule has 0 spiro atoms. The van der Waals surface area contributed by atoms with Crippen LogP contribution in [0.4, 0.5) is 0 Å². The van der Waals surface area contributed by atoms with Gasteiger partial charge in [-0.3, -0.25) is 0 Å².